The highest BCUT2D eigenvalue weighted by atomic mass is 32.2. The molecular weight excluding hydrogens is 588 g/mol. The number of imide groups is 1. The standard InChI is InChI=1S/C26H28N6O10S/c1-3-30-9-10-31(23(38)22(30)37)26(41)28-16(14-7-5-4-6-8-14)19(35)29-20(42-13(2)34)15-11-43-24-17(27-12-33)21(36)32(24)18(15)25(39)40/h4-8,12,16-17,20,24H,3,9-11H2,1-2H3,(H,27,33)(H,28,41)(H,29,35)(H,39,40)/t16?,17-,20?,24+/m0/s1. The number of aliphatic carboxylic acids is 1. The summed E-state index contributed by atoms with van der Waals surface area (Å²) in [6.45, 7) is 2.99. The third-order valence-electron chi connectivity index (χ3n) is 6.92. The van der Waals surface area contributed by atoms with Gasteiger partial charge in [0, 0.05) is 37.9 Å². The molecule has 4 atom stereocenters. The molecule has 43 heavy (non-hydrogen) atoms. The summed E-state index contributed by atoms with van der Waals surface area (Å²) in [5, 5.41) is 16.5. The fraction of sp³-hybridized carbons (Fsp3) is 0.385. The van der Waals surface area contributed by atoms with Gasteiger partial charge in [0.2, 0.25) is 18.5 Å². The molecular formula is C26H28N6O10S. The first-order valence-corrected chi connectivity index (χ1v) is 14.1. The van der Waals surface area contributed by atoms with Gasteiger partial charge in [-0.15, -0.1) is 11.8 Å². The minimum atomic E-state index is -1.67. The second kappa shape index (κ2) is 12.9. The summed E-state index contributed by atoms with van der Waals surface area (Å²) in [7, 11) is 0. The maximum Gasteiger partial charge on any atom is 0.352 e. The number of hydrogen-bond donors (Lipinski definition) is 4. The summed E-state index contributed by atoms with van der Waals surface area (Å²) >= 11 is 1.08. The van der Waals surface area contributed by atoms with Crippen LogP contribution < -0.4 is 16.0 Å². The molecule has 16 nitrogen and oxygen atoms in total. The molecule has 2 saturated heterocycles. The van der Waals surface area contributed by atoms with Crippen molar-refractivity contribution < 1.29 is 48.2 Å². The Morgan fingerprint density at radius 1 is 1.09 bits per heavy atom. The number of benzene rings is 1. The summed E-state index contributed by atoms with van der Waals surface area (Å²) in [6.07, 6.45) is -1.34. The number of likely N-dealkylation sites (N-methyl/N-ethyl adjacent to an activating group) is 1. The Bertz CT molecular complexity index is 1400. The number of thioether (sulfide) groups is 1. The number of carbonyl (C=O) groups excluding carboxylic acids is 7. The molecule has 0 spiro atoms. The summed E-state index contributed by atoms with van der Waals surface area (Å²) in [5.74, 6) is -6.11. The van der Waals surface area contributed by atoms with Crippen LogP contribution in [-0.2, 0) is 38.3 Å². The van der Waals surface area contributed by atoms with Gasteiger partial charge in [-0.2, -0.15) is 0 Å². The van der Waals surface area contributed by atoms with Crippen LogP contribution in [0.3, 0.4) is 0 Å². The highest BCUT2D eigenvalue weighted by Crippen LogP contribution is 2.41. The molecule has 3 aliphatic rings. The molecule has 228 valence electrons. The van der Waals surface area contributed by atoms with Gasteiger partial charge in [-0.25, -0.2) is 9.59 Å². The molecule has 2 fully saturated rings. The smallest absolute Gasteiger partial charge is 0.352 e. The van der Waals surface area contributed by atoms with Crippen LogP contribution in [0.1, 0.15) is 25.5 Å². The molecule has 3 heterocycles. The fourth-order valence-electron chi connectivity index (χ4n) is 4.82. The van der Waals surface area contributed by atoms with Crippen molar-refractivity contribution in [2.75, 3.05) is 25.4 Å². The first-order valence-electron chi connectivity index (χ1n) is 13.0. The number of hydrogen-bond acceptors (Lipinski definition) is 10. The van der Waals surface area contributed by atoms with Gasteiger partial charge >= 0.3 is 29.8 Å². The lowest BCUT2D eigenvalue weighted by Crippen LogP contribution is -2.70. The zero-order valence-electron chi connectivity index (χ0n) is 23.0. The Morgan fingerprint density at radius 3 is 2.40 bits per heavy atom. The van der Waals surface area contributed by atoms with Gasteiger partial charge in [0.25, 0.3) is 5.91 Å². The van der Waals surface area contributed by atoms with Crippen LogP contribution in [0.4, 0.5) is 4.79 Å². The van der Waals surface area contributed by atoms with E-state index in [1.165, 1.54) is 17.0 Å². The van der Waals surface area contributed by atoms with Crippen molar-refractivity contribution in [2.45, 2.75) is 37.5 Å². The zero-order chi connectivity index (χ0) is 31.4. The van der Waals surface area contributed by atoms with Crippen LogP contribution >= 0.6 is 11.8 Å². The SMILES string of the molecule is CCN1CCN(C(=O)NC(C(=O)NC(OC(C)=O)C2=C(C(=O)O)N3C(=O)[C@H](NC=O)[C@H]3SC2)c2ccccc2)C(=O)C1=O. The van der Waals surface area contributed by atoms with Crippen molar-refractivity contribution in [2.24, 2.45) is 0 Å². The highest BCUT2D eigenvalue weighted by molar-refractivity contribution is 8.00. The Morgan fingerprint density at radius 2 is 1.79 bits per heavy atom. The van der Waals surface area contributed by atoms with E-state index in [4.69, 9.17) is 4.74 Å². The van der Waals surface area contributed by atoms with Gasteiger partial charge < -0.3 is 30.7 Å². The van der Waals surface area contributed by atoms with E-state index in [2.05, 4.69) is 16.0 Å². The lowest BCUT2D eigenvalue weighted by atomic mass is 10.0. The van der Waals surface area contributed by atoms with Gasteiger partial charge in [-0.1, -0.05) is 30.3 Å². The topological polar surface area (TPSA) is 212 Å². The number of β-lactam (4-membered cyclic amide) rings is 1. The Balaban J connectivity index is 1.63. The number of carboxylic acids is 1. The van der Waals surface area contributed by atoms with E-state index in [9.17, 15) is 43.5 Å². The second-order valence-corrected chi connectivity index (χ2v) is 10.6. The van der Waals surface area contributed by atoms with E-state index in [1.807, 2.05) is 0 Å². The monoisotopic (exact) mass is 616 g/mol. The van der Waals surface area contributed by atoms with E-state index < -0.39 is 71.0 Å². The Kier molecular flexibility index (Phi) is 9.33. The normalized spacial score (nSPS) is 21.3. The number of ether oxygens (including phenoxy) is 1. The van der Waals surface area contributed by atoms with Crippen LogP contribution in [0.5, 0.6) is 0 Å². The number of esters is 1. The van der Waals surface area contributed by atoms with E-state index in [0.29, 0.717) is 11.3 Å². The number of piperazine rings is 1. The molecule has 17 heteroatoms. The van der Waals surface area contributed by atoms with Crippen molar-refractivity contribution in [1.82, 2.24) is 30.7 Å². The lowest BCUT2D eigenvalue weighted by Gasteiger charge is -2.49. The van der Waals surface area contributed by atoms with Crippen LogP contribution in [0.2, 0.25) is 0 Å². The quantitative estimate of drug-likeness (QED) is 0.0781. The van der Waals surface area contributed by atoms with Crippen molar-refractivity contribution in [3.63, 3.8) is 0 Å². The first-order chi connectivity index (χ1) is 20.5. The molecule has 0 saturated carbocycles. The van der Waals surface area contributed by atoms with E-state index in [0.717, 1.165) is 23.6 Å². The van der Waals surface area contributed by atoms with Crippen LogP contribution in [0, 0.1) is 0 Å². The Labute approximate surface area is 248 Å². The van der Waals surface area contributed by atoms with E-state index in [1.54, 1.807) is 25.1 Å². The van der Waals surface area contributed by atoms with Gasteiger partial charge in [0.15, 0.2) is 0 Å². The third kappa shape index (κ3) is 6.15. The average Bonchev–Trinajstić information content (AvgIpc) is 2.98. The molecule has 0 bridgehead atoms. The van der Waals surface area contributed by atoms with Crippen LogP contribution in [0.15, 0.2) is 41.6 Å². The molecule has 0 aromatic heterocycles. The number of urea groups is 1. The number of nitrogens with one attached hydrogen (secondary N) is 3. The highest BCUT2D eigenvalue weighted by Gasteiger charge is 2.54. The second-order valence-electron chi connectivity index (χ2n) is 9.48. The molecule has 4 rings (SSSR count). The molecule has 0 aliphatic carbocycles. The van der Waals surface area contributed by atoms with Gasteiger partial charge in [0.05, 0.1) is 0 Å². The average molecular weight is 617 g/mol. The predicted octanol–water partition coefficient (Wildman–Crippen LogP) is -1.50. The van der Waals surface area contributed by atoms with Crippen molar-refractivity contribution in [3.05, 3.63) is 47.2 Å². The van der Waals surface area contributed by atoms with Gasteiger partial charge in [-0.05, 0) is 12.5 Å². The van der Waals surface area contributed by atoms with Crippen molar-refractivity contribution in [1.29, 1.82) is 0 Å². The predicted molar refractivity (Wildman–Crippen MR) is 146 cm³/mol. The summed E-state index contributed by atoms with van der Waals surface area (Å²) in [6, 6.07) is 4.39. The van der Waals surface area contributed by atoms with E-state index in [-0.39, 0.29) is 36.5 Å². The molecule has 4 N–H and O–H groups in total. The molecule has 2 unspecified atom stereocenters. The van der Waals surface area contributed by atoms with E-state index >= 15 is 0 Å². The summed E-state index contributed by atoms with van der Waals surface area (Å²) < 4.78 is 5.28. The molecule has 7 amide bonds. The summed E-state index contributed by atoms with van der Waals surface area (Å²) in [4.78, 5) is 102. The van der Waals surface area contributed by atoms with Gasteiger partial charge in [-0.3, -0.25) is 38.6 Å². The number of carbonyl (C=O) groups is 8. The minimum Gasteiger partial charge on any atom is -0.477 e. The minimum absolute atomic E-state index is 0.105. The fourth-order valence-corrected chi connectivity index (χ4v) is 6.21. The lowest BCUT2D eigenvalue weighted by molar-refractivity contribution is -0.153. The van der Waals surface area contributed by atoms with Crippen molar-refractivity contribution >= 4 is 59.8 Å². The third-order valence-corrected chi connectivity index (χ3v) is 8.22. The maximum atomic E-state index is 13.7. The van der Waals surface area contributed by atoms with Crippen LogP contribution in [0.25, 0.3) is 0 Å². The maximum absolute atomic E-state index is 13.7. The number of carboxylic acid groups (broad SMARTS) is 1. The molecule has 0 radical (unpaired) electrons. The Hall–Kier alpha value is -4.93. The number of fused-ring (bicyclic) bond motifs is 1. The number of rotatable bonds is 10. The first kappa shape index (κ1) is 31.0. The molecule has 1 aromatic carbocycles. The number of nitrogens with zero attached hydrogens (tertiary/aromatic N) is 3. The zero-order valence-corrected chi connectivity index (χ0v) is 23.8. The van der Waals surface area contributed by atoms with Crippen molar-refractivity contribution in [3.8, 4) is 0 Å². The van der Waals surface area contributed by atoms with Gasteiger partial charge in [0.1, 0.15) is 23.2 Å². The molecule has 3 aliphatic heterocycles. The summed E-state index contributed by atoms with van der Waals surface area (Å²) in [5.41, 5.74) is -0.389. The van der Waals surface area contributed by atoms with Crippen LogP contribution in [-0.4, -0.2) is 111 Å². The number of amides is 7. The largest absolute Gasteiger partial charge is 0.477 e. The molecule has 1 aromatic rings.